The predicted octanol–water partition coefficient (Wildman–Crippen LogP) is 3.66. The smallest absolute Gasteiger partial charge is 0.219 e. The van der Waals surface area contributed by atoms with Gasteiger partial charge in [-0.05, 0) is 17.5 Å². The number of hydrogen-bond acceptors (Lipinski definition) is 3. The Labute approximate surface area is 122 Å². The second kappa shape index (κ2) is 5.27. The molecule has 0 unspecified atom stereocenters. The van der Waals surface area contributed by atoms with Crippen molar-refractivity contribution in [3.8, 4) is 11.6 Å². The van der Waals surface area contributed by atoms with Crippen LogP contribution in [0.1, 0.15) is 5.56 Å². The highest BCUT2D eigenvalue weighted by molar-refractivity contribution is 7.80. The van der Waals surface area contributed by atoms with E-state index in [-0.39, 0.29) is 0 Å². The summed E-state index contributed by atoms with van der Waals surface area (Å²) in [5.74, 6) is 1.29. The summed E-state index contributed by atoms with van der Waals surface area (Å²) >= 11 is 4.90. The van der Waals surface area contributed by atoms with E-state index < -0.39 is 0 Å². The van der Waals surface area contributed by atoms with Crippen LogP contribution in [0.3, 0.4) is 0 Å². The lowest BCUT2D eigenvalue weighted by Crippen LogP contribution is -2.09. The van der Waals surface area contributed by atoms with Crippen molar-refractivity contribution in [1.29, 1.82) is 0 Å². The Morgan fingerprint density at radius 1 is 1.00 bits per heavy atom. The highest BCUT2D eigenvalue weighted by atomic mass is 32.1. The van der Waals surface area contributed by atoms with Crippen molar-refractivity contribution in [2.75, 3.05) is 0 Å². The van der Waals surface area contributed by atoms with Crippen molar-refractivity contribution >= 4 is 28.0 Å². The number of pyridine rings is 1. The van der Waals surface area contributed by atoms with Crippen LogP contribution < -0.4 is 10.5 Å². The molecule has 0 spiro atoms. The molecular weight excluding hydrogens is 268 g/mol. The number of rotatable bonds is 3. The molecule has 0 saturated carbocycles. The summed E-state index contributed by atoms with van der Waals surface area (Å²) in [6, 6.07) is 17.5. The monoisotopic (exact) mass is 280 g/mol. The maximum absolute atomic E-state index is 5.83. The number of benzene rings is 2. The SMILES string of the molecule is NC(=S)c1ccc(Oc2cccc3ccccc23)nc1. The van der Waals surface area contributed by atoms with Crippen molar-refractivity contribution in [3.05, 3.63) is 66.4 Å². The molecule has 0 radical (unpaired) electrons. The minimum absolute atomic E-state index is 0.328. The van der Waals surface area contributed by atoms with Crippen molar-refractivity contribution in [2.24, 2.45) is 5.73 Å². The summed E-state index contributed by atoms with van der Waals surface area (Å²) in [5, 5.41) is 2.18. The number of nitrogens with zero attached hydrogens (tertiary/aromatic N) is 1. The van der Waals surface area contributed by atoms with E-state index in [1.807, 2.05) is 42.5 Å². The molecule has 2 N–H and O–H groups in total. The molecule has 0 saturated heterocycles. The number of fused-ring (bicyclic) bond motifs is 1. The van der Waals surface area contributed by atoms with Crippen LogP contribution in [-0.4, -0.2) is 9.97 Å². The summed E-state index contributed by atoms with van der Waals surface area (Å²) in [6.45, 7) is 0. The van der Waals surface area contributed by atoms with Gasteiger partial charge in [0.15, 0.2) is 0 Å². The third-order valence-corrected chi connectivity index (χ3v) is 3.22. The fraction of sp³-hybridized carbons (Fsp3) is 0. The fourth-order valence-corrected chi connectivity index (χ4v) is 2.10. The molecule has 3 aromatic rings. The highest BCUT2D eigenvalue weighted by Crippen LogP contribution is 2.28. The average molecular weight is 280 g/mol. The van der Waals surface area contributed by atoms with Crippen LogP contribution in [0.2, 0.25) is 0 Å². The van der Waals surface area contributed by atoms with Gasteiger partial charge in [0, 0.05) is 23.2 Å². The van der Waals surface area contributed by atoms with Crippen LogP contribution in [0.4, 0.5) is 0 Å². The third kappa shape index (κ3) is 2.46. The Bertz CT molecular complexity index is 764. The Hall–Kier alpha value is -2.46. The predicted molar refractivity (Wildman–Crippen MR) is 84.1 cm³/mol. The van der Waals surface area contributed by atoms with Crippen molar-refractivity contribution in [1.82, 2.24) is 4.98 Å². The standard InChI is InChI=1S/C16H12N2OS/c17-16(20)12-8-9-15(18-10-12)19-14-7-3-5-11-4-1-2-6-13(11)14/h1-10H,(H2,17,20). The van der Waals surface area contributed by atoms with Crippen molar-refractivity contribution in [2.45, 2.75) is 0 Å². The Kier molecular flexibility index (Phi) is 3.31. The second-order valence-corrected chi connectivity index (χ2v) is 4.77. The van der Waals surface area contributed by atoms with Gasteiger partial charge in [0.25, 0.3) is 0 Å². The summed E-state index contributed by atoms with van der Waals surface area (Å²) in [4.78, 5) is 4.54. The first-order valence-corrected chi connectivity index (χ1v) is 6.56. The van der Waals surface area contributed by atoms with Gasteiger partial charge in [-0.2, -0.15) is 0 Å². The van der Waals surface area contributed by atoms with Gasteiger partial charge in [0.05, 0.1) is 0 Å². The largest absolute Gasteiger partial charge is 0.438 e. The Morgan fingerprint density at radius 3 is 2.55 bits per heavy atom. The summed E-state index contributed by atoms with van der Waals surface area (Å²) in [7, 11) is 0. The topological polar surface area (TPSA) is 48.1 Å². The molecule has 4 heteroatoms. The molecule has 0 aliphatic rings. The average Bonchev–Trinajstić information content (AvgIpc) is 2.48. The number of nitrogens with two attached hydrogens (primary N) is 1. The Balaban J connectivity index is 1.95. The molecule has 0 bridgehead atoms. The minimum Gasteiger partial charge on any atom is -0.438 e. The van der Waals surface area contributed by atoms with Gasteiger partial charge in [-0.25, -0.2) is 4.98 Å². The molecule has 2 aromatic carbocycles. The molecule has 98 valence electrons. The van der Waals surface area contributed by atoms with E-state index in [2.05, 4.69) is 4.98 Å². The van der Waals surface area contributed by atoms with Crippen molar-refractivity contribution < 1.29 is 4.74 Å². The lowest BCUT2D eigenvalue weighted by atomic mass is 10.1. The van der Waals surface area contributed by atoms with Gasteiger partial charge in [-0.3, -0.25) is 0 Å². The molecule has 0 amide bonds. The van der Waals surface area contributed by atoms with Crippen LogP contribution in [0.5, 0.6) is 11.6 Å². The van der Waals surface area contributed by atoms with Crippen LogP contribution in [0.15, 0.2) is 60.8 Å². The summed E-state index contributed by atoms with van der Waals surface area (Å²) < 4.78 is 5.83. The van der Waals surface area contributed by atoms with E-state index in [4.69, 9.17) is 22.7 Å². The molecule has 1 heterocycles. The van der Waals surface area contributed by atoms with Gasteiger partial charge < -0.3 is 10.5 Å². The first-order valence-electron chi connectivity index (χ1n) is 6.15. The van der Waals surface area contributed by atoms with Crippen LogP contribution in [0, 0.1) is 0 Å². The molecule has 0 atom stereocenters. The lowest BCUT2D eigenvalue weighted by molar-refractivity contribution is 0.468. The highest BCUT2D eigenvalue weighted by Gasteiger charge is 2.04. The first kappa shape index (κ1) is 12.6. The van der Waals surface area contributed by atoms with Gasteiger partial charge in [0.1, 0.15) is 10.7 Å². The molecule has 0 fully saturated rings. The van der Waals surface area contributed by atoms with E-state index >= 15 is 0 Å². The van der Waals surface area contributed by atoms with E-state index in [1.165, 1.54) is 0 Å². The normalized spacial score (nSPS) is 10.4. The van der Waals surface area contributed by atoms with Gasteiger partial charge in [-0.1, -0.05) is 48.6 Å². The molecule has 20 heavy (non-hydrogen) atoms. The second-order valence-electron chi connectivity index (χ2n) is 4.33. The molecular formula is C16H12N2OS. The summed E-state index contributed by atoms with van der Waals surface area (Å²) in [5.41, 5.74) is 6.27. The molecule has 3 rings (SSSR count). The molecule has 0 aliphatic carbocycles. The van der Waals surface area contributed by atoms with E-state index in [1.54, 1.807) is 18.3 Å². The van der Waals surface area contributed by atoms with E-state index in [0.29, 0.717) is 10.9 Å². The van der Waals surface area contributed by atoms with Gasteiger partial charge in [0.2, 0.25) is 5.88 Å². The maximum Gasteiger partial charge on any atom is 0.219 e. The third-order valence-electron chi connectivity index (χ3n) is 2.99. The maximum atomic E-state index is 5.83. The zero-order valence-electron chi connectivity index (χ0n) is 10.6. The molecule has 1 aromatic heterocycles. The molecule has 0 aliphatic heterocycles. The number of thiocarbonyl (C=S) groups is 1. The number of ether oxygens (including phenoxy) is 1. The van der Waals surface area contributed by atoms with Crippen molar-refractivity contribution in [3.63, 3.8) is 0 Å². The zero-order valence-corrected chi connectivity index (χ0v) is 11.4. The number of hydrogen-bond donors (Lipinski definition) is 1. The lowest BCUT2D eigenvalue weighted by Gasteiger charge is -2.08. The van der Waals surface area contributed by atoms with E-state index in [0.717, 1.165) is 22.1 Å². The fourth-order valence-electron chi connectivity index (χ4n) is 1.98. The molecule has 3 nitrogen and oxygen atoms in total. The van der Waals surface area contributed by atoms with Gasteiger partial charge >= 0.3 is 0 Å². The Morgan fingerprint density at radius 2 is 1.80 bits per heavy atom. The van der Waals surface area contributed by atoms with Gasteiger partial charge in [-0.15, -0.1) is 0 Å². The number of aromatic nitrogens is 1. The summed E-state index contributed by atoms with van der Waals surface area (Å²) in [6.07, 6.45) is 1.61. The quantitative estimate of drug-likeness (QED) is 0.744. The zero-order chi connectivity index (χ0) is 13.9. The van der Waals surface area contributed by atoms with Crippen LogP contribution >= 0.6 is 12.2 Å². The minimum atomic E-state index is 0.328. The van der Waals surface area contributed by atoms with E-state index in [9.17, 15) is 0 Å². The first-order chi connectivity index (χ1) is 9.74. The van der Waals surface area contributed by atoms with Crippen LogP contribution in [-0.2, 0) is 0 Å². The van der Waals surface area contributed by atoms with Crippen LogP contribution in [0.25, 0.3) is 10.8 Å².